The van der Waals surface area contributed by atoms with Gasteiger partial charge in [0.25, 0.3) is 5.91 Å². The quantitative estimate of drug-likeness (QED) is 0.937. The highest BCUT2D eigenvalue weighted by molar-refractivity contribution is 6.05. The monoisotopic (exact) mass is 281 g/mol. The van der Waals surface area contributed by atoms with E-state index < -0.39 is 0 Å². The van der Waals surface area contributed by atoms with Gasteiger partial charge in [0.05, 0.1) is 0 Å². The molecule has 0 aliphatic heterocycles. The van der Waals surface area contributed by atoms with E-state index in [4.69, 9.17) is 5.73 Å². The third-order valence-electron chi connectivity index (χ3n) is 3.69. The number of pyridine rings is 1. The van der Waals surface area contributed by atoms with Crippen LogP contribution >= 0.6 is 0 Å². The Kier molecular flexibility index (Phi) is 3.71. The van der Waals surface area contributed by atoms with Gasteiger partial charge in [0.1, 0.15) is 5.69 Å². The number of aromatic nitrogens is 1. The molecular formula is C17H19N3O. The van der Waals surface area contributed by atoms with E-state index in [1.54, 1.807) is 6.07 Å². The Labute approximate surface area is 124 Å². The first-order chi connectivity index (χ1) is 10.2. The second-order valence-electron chi connectivity index (χ2n) is 5.44. The normalized spacial score (nSPS) is 14.0. The Balaban J connectivity index is 1.92. The van der Waals surface area contributed by atoms with Crippen molar-refractivity contribution in [1.82, 2.24) is 4.98 Å². The molecule has 1 saturated carbocycles. The van der Waals surface area contributed by atoms with E-state index in [0.29, 0.717) is 18.3 Å². The summed E-state index contributed by atoms with van der Waals surface area (Å²) in [6.07, 6.45) is 2.10. The van der Waals surface area contributed by atoms with Gasteiger partial charge in [-0.1, -0.05) is 18.2 Å². The predicted octanol–water partition coefficient (Wildman–Crippen LogP) is 2.66. The van der Waals surface area contributed by atoms with E-state index in [1.165, 1.54) is 0 Å². The predicted molar refractivity (Wildman–Crippen MR) is 83.1 cm³/mol. The molecule has 0 spiro atoms. The Morgan fingerprint density at radius 3 is 2.52 bits per heavy atom. The van der Waals surface area contributed by atoms with E-state index in [2.05, 4.69) is 4.98 Å². The van der Waals surface area contributed by atoms with Crippen LogP contribution in [0.3, 0.4) is 0 Å². The largest absolute Gasteiger partial charge is 0.326 e. The molecule has 1 aliphatic rings. The molecule has 0 atom stereocenters. The topological polar surface area (TPSA) is 59.2 Å². The molecule has 108 valence electrons. The summed E-state index contributed by atoms with van der Waals surface area (Å²) in [5.74, 6) is -0.0262. The number of rotatable bonds is 4. The zero-order valence-corrected chi connectivity index (χ0v) is 12.1. The molecule has 1 aromatic carbocycles. The van der Waals surface area contributed by atoms with Gasteiger partial charge in [-0.05, 0) is 49.6 Å². The highest BCUT2D eigenvalue weighted by Crippen LogP contribution is 2.33. The lowest BCUT2D eigenvalue weighted by molar-refractivity contribution is 0.0980. The van der Waals surface area contributed by atoms with Crippen LogP contribution in [0.1, 0.15) is 34.6 Å². The lowest BCUT2D eigenvalue weighted by Crippen LogP contribution is -2.33. The van der Waals surface area contributed by atoms with E-state index in [-0.39, 0.29) is 5.91 Å². The number of nitrogens with two attached hydrogens (primary N) is 1. The van der Waals surface area contributed by atoms with Crippen LogP contribution in [-0.2, 0) is 6.54 Å². The maximum Gasteiger partial charge on any atom is 0.277 e. The van der Waals surface area contributed by atoms with Crippen LogP contribution in [-0.4, -0.2) is 16.9 Å². The van der Waals surface area contributed by atoms with Crippen LogP contribution in [0.2, 0.25) is 0 Å². The van der Waals surface area contributed by atoms with Crippen LogP contribution in [0.15, 0.2) is 42.5 Å². The van der Waals surface area contributed by atoms with Gasteiger partial charge in [-0.15, -0.1) is 0 Å². The number of anilines is 1. The second-order valence-corrected chi connectivity index (χ2v) is 5.44. The number of carbonyl (C=O) groups is 1. The van der Waals surface area contributed by atoms with Crippen LogP contribution in [0.25, 0.3) is 0 Å². The SMILES string of the molecule is Cc1cccc(C(=O)N(c2ccc(CN)cc2)C2CC2)n1. The van der Waals surface area contributed by atoms with Gasteiger partial charge in [0, 0.05) is 24.0 Å². The first-order valence-electron chi connectivity index (χ1n) is 7.25. The first kappa shape index (κ1) is 13.8. The van der Waals surface area contributed by atoms with Gasteiger partial charge >= 0.3 is 0 Å². The summed E-state index contributed by atoms with van der Waals surface area (Å²) >= 11 is 0. The fraction of sp³-hybridized carbons (Fsp3) is 0.294. The smallest absolute Gasteiger partial charge is 0.277 e. The minimum atomic E-state index is -0.0262. The summed E-state index contributed by atoms with van der Waals surface area (Å²) < 4.78 is 0. The Morgan fingerprint density at radius 1 is 1.24 bits per heavy atom. The van der Waals surface area contributed by atoms with Crippen molar-refractivity contribution < 1.29 is 4.79 Å². The van der Waals surface area contributed by atoms with Gasteiger partial charge in [0.2, 0.25) is 0 Å². The molecular weight excluding hydrogens is 262 g/mol. The van der Waals surface area contributed by atoms with E-state index in [9.17, 15) is 4.79 Å². The average molecular weight is 281 g/mol. The lowest BCUT2D eigenvalue weighted by Gasteiger charge is -2.22. The van der Waals surface area contributed by atoms with Crippen molar-refractivity contribution in [2.45, 2.75) is 32.4 Å². The van der Waals surface area contributed by atoms with Crippen molar-refractivity contribution in [2.24, 2.45) is 5.73 Å². The molecule has 1 amide bonds. The molecule has 2 aromatic rings. The summed E-state index contributed by atoms with van der Waals surface area (Å²) in [4.78, 5) is 19.0. The summed E-state index contributed by atoms with van der Waals surface area (Å²) in [6.45, 7) is 2.41. The van der Waals surface area contributed by atoms with Gasteiger partial charge in [-0.2, -0.15) is 0 Å². The van der Waals surface area contributed by atoms with Crippen molar-refractivity contribution >= 4 is 11.6 Å². The molecule has 1 heterocycles. The molecule has 0 bridgehead atoms. The van der Waals surface area contributed by atoms with Crippen molar-refractivity contribution in [2.75, 3.05) is 4.90 Å². The number of hydrogen-bond acceptors (Lipinski definition) is 3. The molecule has 0 saturated heterocycles. The van der Waals surface area contributed by atoms with E-state index in [0.717, 1.165) is 29.8 Å². The fourth-order valence-corrected chi connectivity index (χ4v) is 2.40. The van der Waals surface area contributed by atoms with E-state index in [1.807, 2.05) is 48.2 Å². The summed E-state index contributed by atoms with van der Waals surface area (Å²) in [5, 5.41) is 0. The molecule has 0 radical (unpaired) electrons. The Hall–Kier alpha value is -2.20. The van der Waals surface area contributed by atoms with Gasteiger partial charge in [-0.3, -0.25) is 4.79 Å². The first-order valence-corrected chi connectivity index (χ1v) is 7.25. The van der Waals surface area contributed by atoms with Crippen LogP contribution < -0.4 is 10.6 Å². The zero-order chi connectivity index (χ0) is 14.8. The number of benzene rings is 1. The molecule has 1 aliphatic carbocycles. The number of hydrogen-bond donors (Lipinski definition) is 1. The molecule has 1 aromatic heterocycles. The van der Waals surface area contributed by atoms with Crippen molar-refractivity contribution in [3.63, 3.8) is 0 Å². The van der Waals surface area contributed by atoms with Gasteiger partial charge in [-0.25, -0.2) is 4.98 Å². The summed E-state index contributed by atoms with van der Waals surface area (Å²) in [7, 11) is 0. The minimum Gasteiger partial charge on any atom is -0.326 e. The molecule has 1 fully saturated rings. The summed E-state index contributed by atoms with van der Waals surface area (Å²) in [6, 6.07) is 13.7. The molecule has 2 N–H and O–H groups in total. The van der Waals surface area contributed by atoms with Crippen molar-refractivity contribution in [3.05, 3.63) is 59.4 Å². The van der Waals surface area contributed by atoms with Crippen LogP contribution in [0.4, 0.5) is 5.69 Å². The van der Waals surface area contributed by atoms with Gasteiger partial charge < -0.3 is 10.6 Å². The highest BCUT2D eigenvalue weighted by Gasteiger charge is 2.34. The molecule has 3 rings (SSSR count). The molecule has 0 unspecified atom stereocenters. The Bertz CT molecular complexity index is 647. The second kappa shape index (κ2) is 5.66. The minimum absolute atomic E-state index is 0.0262. The average Bonchev–Trinajstić information content (AvgIpc) is 3.33. The zero-order valence-electron chi connectivity index (χ0n) is 12.1. The van der Waals surface area contributed by atoms with Crippen molar-refractivity contribution in [1.29, 1.82) is 0 Å². The fourth-order valence-electron chi connectivity index (χ4n) is 2.40. The molecule has 4 heteroatoms. The highest BCUT2D eigenvalue weighted by atomic mass is 16.2. The van der Waals surface area contributed by atoms with Gasteiger partial charge in [0.15, 0.2) is 0 Å². The lowest BCUT2D eigenvalue weighted by atomic mass is 10.2. The van der Waals surface area contributed by atoms with Crippen LogP contribution in [0, 0.1) is 6.92 Å². The third-order valence-corrected chi connectivity index (χ3v) is 3.69. The van der Waals surface area contributed by atoms with E-state index >= 15 is 0 Å². The maximum atomic E-state index is 12.8. The Morgan fingerprint density at radius 2 is 1.95 bits per heavy atom. The third kappa shape index (κ3) is 2.95. The number of carbonyl (C=O) groups excluding carboxylic acids is 1. The standard InChI is InChI=1S/C17H19N3O/c1-12-3-2-4-16(19-12)17(21)20(15-9-10-15)14-7-5-13(11-18)6-8-14/h2-8,15H,9-11,18H2,1H3. The summed E-state index contributed by atoms with van der Waals surface area (Å²) in [5.41, 5.74) is 8.97. The van der Waals surface area contributed by atoms with Crippen molar-refractivity contribution in [3.8, 4) is 0 Å². The maximum absolute atomic E-state index is 12.8. The number of nitrogens with zero attached hydrogens (tertiary/aromatic N) is 2. The number of amides is 1. The number of aryl methyl sites for hydroxylation is 1. The van der Waals surface area contributed by atoms with Crippen LogP contribution in [0.5, 0.6) is 0 Å². The molecule has 21 heavy (non-hydrogen) atoms. The molecule has 4 nitrogen and oxygen atoms in total.